The zero-order valence-electron chi connectivity index (χ0n) is 8.60. The summed E-state index contributed by atoms with van der Waals surface area (Å²) in [7, 11) is 0. The summed E-state index contributed by atoms with van der Waals surface area (Å²) in [6.45, 7) is 4.19. The third-order valence-corrected chi connectivity index (χ3v) is 2.34. The van der Waals surface area contributed by atoms with E-state index in [0.717, 1.165) is 6.42 Å². The van der Waals surface area contributed by atoms with E-state index >= 15 is 0 Å². The molecule has 0 saturated heterocycles. The van der Waals surface area contributed by atoms with E-state index in [1.807, 2.05) is 12.2 Å². The van der Waals surface area contributed by atoms with Gasteiger partial charge in [-0.3, -0.25) is 0 Å². The molecule has 2 rings (SSSR count). The summed E-state index contributed by atoms with van der Waals surface area (Å²) in [6, 6.07) is 8.48. The van der Waals surface area contributed by atoms with Gasteiger partial charge in [0.2, 0.25) is 0 Å². The predicted molar refractivity (Wildman–Crippen MR) is 57.8 cm³/mol. The second-order valence-corrected chi connectivity index (χ2v) is 4.09. The molecule has 0 fully saturated rings. The van der Waals surface area contributed by atoms with E-state index in [2.05, 4.69) is 60.2 Å². The van der Waals surface area contributed by atoms with Crippen LogP contribution in [0.25, 0.3) is 0 Å². The molecule has 0 unspecified atom stereocenters. The van der Waals surface area contributed by atoms with Crippen molar-refractivity contribution in [1.82, 2.24) is 0 Å². The van der Waals surface area contributed by atoms with Crippen LogP contribution in [0.5, 0.6) is 0 Å². The molecule has 14 heavy (non-hydrogen) atoms. The molecule has 0 amide bonds. The summed E-state index contributed by atoms with van der Waals surface area (Å²) in [5, 5.41) is 0. The van der Waals surface area contributed by atoms with E-state index in [-0.39, 0.29) is 0 Å². The number of rotatable bonds is 0. The fraction of sp³-hybridized carbons (Fsp3) is 0.231. The Bertz CT molecular complexity index is 310. The quantitative estimate of drug-likeness (QED) is 0.593. The Kier molecular flexibility index (Phi) is 4.72. The topological polar surface area (TPSA) is 0 Å². The number of hydrogen-bond acceptors (Lipinski definition) is 0. The minimum absolute atomic E-state index is 1.06. The Morgan fingerprint density at radius 2 is 1.50 bits per heavy atom. The van der Waals surface area contributed by atoms with Gasteiger partial charge in [0.15, 0.2) is 0 Å². The Morgan fingerprint density at radius 1 is 1.00 bits per heavy atom. The second kappa shape index (κ2) is 5.85. The Hall–Kier alpha value is -0.781. The van der Waals surface area contributed by atoms with Crippen molar-refractivity contribution in [2.24, 2.45) is 0 Å². The average molecular weight is 227 g/mol. The van der Waals surface area contributed by atoms with Crippen LogP contribution in [0.15, 0.2) is 47.0 Å². The van der Waals surface area contributed by atoms with Crippen LogP contribution in [-0.2, 0) is 16.0 Å². The van der Waals surface area contributed by atoms with Gasteiger partial charge in [0.25, 0.3) is 0 Å². The predicted octanol–water partition coefficient (Wildman–Crippen LogP) is 3.68. The molecule has 1 aromatic rings. The van der Waals surface area contributed by atoms with Crippen LogP contribution in [0.4, 0.5) is 0 Å². The molecule has 0 atom stereocenters. The van der Waals surface area contributed by atoms with E-state index in [9.17, 15) is 0 Å². The molecule has 0 N–H and O–H groups in total. The van der Waals surface area contributed by atoms with Crippen molar-refractivity contribution in [3.8, 4) is 0 Å². The first-order chi connectivity index (χ1) is 6.68. The van der Waals surface area contributed by atoms with Gasteiger partial charge in [0.1, 0.15) is 0 Å². The molecule has 0 spiro atoms. The van der Waals surface area contributed by atoms with Gasteiger partial charge < -0.3 is 0 Å². The van der Waals surface area contributed by atoms with Crippen LogP contribution < -0.4 is 0 Å². The van der Waals surface area contributed by atoms with Gasteiger partial charge in [-0.2, -0.15) is 0 Å². The van der Waals surface area contributed by atoms with Crippen molar-refractivity contribution >= 4 is 0 Å². The van der Waals surface area contributed by atoms with Crippen LogP contribution >= 0.6 is 0 Å². The van der Waals surface area contributed by atoms with Crippen molar-refractivity contribution in [1.29, 1.82) is 0 Å². The van der Waals surface area contributed by atoms with E-state index in [4.69, 9.17) is 0 Å². The summed E-state index contributed by atoms with van der Waals surface area (Å²) in [4.78, 5) is 0. The molecular weight excluding hydrogens is 212 g/mol. The molecule has 75 valence electrons. The monoisotopic (exact) mass is 227 g/mol. The third kappa shape index (κ3) is 4.45. The molecule has 0 nitrogen and oxygen atoms in total. The van der Waals surface area contributed by atoms with Gasteiger partial charge in [-0.1, -0.05) is 35.4 Å². The van der Waals surface area contributed by atoms with Crippen LogP contribution in [-0.4, -0.2) is 0 Å². The van der Waals surface area contributed by atoms with E-state index in [1.54, 1.807) is 0 Å². The van der Waals surface area contributed by atoms with Gasteiger partial charge in [-0.05, 0) is 13.8 Å². The maximum atomic E-state index is 3.74. The first-order valence-electron chi connectivity index (χ1n) is 4.72. The average Bonchev–Trinajstić information content (AvgIpc) is 2.63. The molecule has 1 aliphatic carbocycles. The van der Waals surface area contributed by atoms with Gasteiger partial charge in [-0.25, -0.2) is 0 Å². The summed E-state index contributed by atoms with van der Waals surface area (Å²) >= 11 is 3.74. The molecule has 1 aromatic carbocycles. The van der Waals surface area contributed by atoms with E-state index < -0.39 is 0 Å². The molecule has 1 aliphatic rings. The van der Waals surface area contributed by atoms with Crippen molar-refractivity contribution in [2.75, 3.05) is 0 Å². The normalized spacial score (nSPS) is 13.2. The zero-order chi connectivity index (χ0) is 10.4. The fourth-order valence-corrected chi connectivity index (χ4v) is 1.29. The molecular formula is C13H15Fe. The van der Waals surface area contributed by atoms with Crippen LogP contribution in [0.2, 0.25) is 0 Å². The summed E-state index contributed by atoms with van der Waals surface area (Å²) < 4.78 is 1.22. The van der Waals surface area contributed by atoms with Crippen LogP contribution in [0.3, 0.4) is 0 Å². The van der Waals surface area contributed by atoms with Crippen molar-refractivity contribution in [3.05, 3.63) is 58.1 Å². The first kappa shape index (κ1) is 11.3. The Balaban J connectivity index is 0.000000146. The fourth-order valence-electron chi connectivity index (χ4n) is 1.05. The van der Waals surface area contributed by atoms with Crippen molar-refractivity contribution in [2.45, 2.75) is 20.3 Å². The molecule has 1 heteroatoms. The van der Waals surface area contributed by atoms with Crippen molar-refractivity contribution < 1.29 is 16.0 Å². The molecule has 0 bridgehead atoms. The number of aryl methyl sites for hydroxylation is 2. The summed E-state index contributed by atoms with van der Waals surface area (Å²) in [5.41, 5.74) is 2.66. The van der Waals surface area contributed by atoms with Gasteiger partial charge in [0, 0.05) is 0 Å². The summed E-state index contributed by atoms with van der Waals surface area (Å²) in [5.74, 6) is 0. The summed E-state index contributed by atoms with van der Waals surface area (Å²) in [6.07, 6.45) is 7.21. The second-order valence-electron chi connectivity index (χ2n) is 3.38. The first-order valence-corrected chi connectivity index (χ1v) is 5.27. The van der Waals surface area contributed by atoms with Gasteiger partial charge in [0.05, 0.1) is 0 Å². The number of hydrogen-bond donors (Lipinski definition) is 0. The maximum absolute atomic E-state index is 3.74. The van der Waals surface area contributed by atoms with Gasteiger partial charge >= 0.3 is 45.1 Å². The Labute approximate surface area is 94.5 Å². The van der Waals surface area contributed by atoms with Crippen LogP contribution in [0.1, 0.15) is 17.5 Å². The van der Waals surface area contributed by atoms with E-state index in [1.165, 1.54) is 15.6 Å². The number of allylic oxidation sites excluding steroid dienone is 4. The van der Waals surface area contributed by atoms with Gasteiger partial charge in [-0.15, -0.1) is 0 Å². The van der Waals surface area contributed by atoms with Crippen LogP contribution in [0, 0.1) is 13.8 Å². The SMILES string of the molecule is Cc1ccc(C)cc1.[Fe][C]1=CC=CC1. The third-order valence-electron chi connectivity index (χ3n) is 1.94. The van der Waals surface area contributed by atoms with E-state index in [0.29, 0.717) is 0 Å². The number of benzene rings is 1. The molecule has 0 saturated carbocycles. The molecule has 0 heterocycles. The minimum atomic E-state index is 1.06. The van der Waals surface area contributed by atoms with Crippen molar-refractivity contribution in [3.63, 3.8) is 0 Å². The molecule has 0 aliphatic heterocycles. The Morgan fingerprint density at radius 3 is 1.71 bits per heavy atom. The zero-order valence-corrected chi connectivity index (χ0v) is 9.71. The molecule has 0 aromatic heterocycles. The molecule has 0 radical (unpaired) electrons. The standard InChI is InChI=1S/C8H10.C5H5.Fe/c1-7-3-5-8(2)6-4-7;1-2-4-5-3-1;/h3-6H,1-2H3;1-3H,4H2;.